The molecular weight excluding hydrogens is 398 g/mol. The molecule has 0 aromatic heterocycles. The molecule has 144 valence electrons. The molecule has 28 heavy (non-hydrogen) atoms. The van der Waals surface area contributed by atoms with Crippen LogP contribution in [0.2, 0.25) is 5.02 Å². The molecule has 0 saturated carbocycles. The fourth-order valence-corrected chi connectivity index (χ4v) is 3.87. The fourth-order valence-electron chi connectivity index (χ4n) is 2.57. The standard InChI is InChI=1S/C20H18ClN3O3S/c1-2-11-24-19(27)17(12-18(26)22-14-5-3-13(21)4-6-14)28-20(24)23-15-7-9-16(25)10-8-15/h2-10,17,25H,1,11-12H2,(H,22,26)/t17-/m1/s1. The van der Waals surface area contributed by atoms with Crippen molar-refractivity contribution in [1.82, 2.24) is 4.90 Å². The summed E-state index contributed by atoms with van der Waals surface area (Å²) in [6.07, 6.45) is 1.63. The molecule has 1 aliphatic heterocycles. The molecule has 0 spiro atoms. The molecule has 1 fully saturated rings. The van der Waals surface area contributed by atoms with Crippen LogP contribution >= 0.6 is 23.4 Å². The summed E-state index contributed by atoms with van der Waals surface area (Å²) in [5.74, 6) is -0.315. The Morgan fingerprint density at radius 1 is 1.25 bits per heavy atom. The van der Waals surface area contributed by atoms with E-state index in [1.807, 2.05) is 0 Å². The first-order valence-electron chi connectivity index (χ1n) is 8.48. The monoisotopic (exact) mass is 415 g/mol. The van der Waals surface area contributed by atoms with E-state index in [1.54, 1.807) is 42.5 Å². The molecule has 0 bridgehead atoms. The Morgan fingerprint density at radius 3 is 2.57 bits per heavy atom. The Balaban J connectivity index is 1.72. The van der Waals surface area contributed by atoms with E-state index < -0.39 is 5.25 Å². The Bertz CT molecular complexity index is 913. The minimum absolute atomic E-state index is 0.0222. The van der Waals surface area contributed by atoms with Gasteiger partial charge < -0.3 is 10.4 Å². The maximum absolute atomic E-state index is 12.7. The topological polar surface area (TPSA) is 82.0 Å². The zero-order valence-electron chi connectivity index (χ0n) is 14.8. The highest BCUT2D eigenvalue weighted by Crippen LogP contribution is 2.32. The smallest absolute Gasteiger partial charge is 0.242 e. The number of phenolic OH excluding ortho intramolecular Hbond substituents is 1. The van der Waals surface area contributed by atoms with Gasteiger partial charge in [0.1, 0.15) is 11.0 Å². The summed E-state index contributed by atoms with van der Waals surface area (Å²) in [7, 11) is 0. The first-order valence-corrected chi connectivity index (χ1v) is 9.74. The van der Waals surface area contributed by atoms with Crippen molar-refractivity contribution < 1.29 is 14.7 Å². The summed E-state index contributed by atoms with van der Waals surface area (Å²) >= 11 is 7.08. The van der Waals surface area contributed by atoms with Gasteiger partial charge in [0.25, 0.3) is 0 Å². The van der Waals surface area contributed by atoms with Gasteiger partial charge in [-0.05, 0) is 48.5 Å². The van der Waals surface area contributed by atoms with Crippen molar-refractivity contribution in [3.63, 3.8) is 0 Å². The van der Waals surface area contributed by atoms with Gasteiger partial charge in [0.05, 0.1) is 5.69 Å². The van der Waals surface area contributed by atoms with Crippen molar-refractivity contribution in [3.8, 4) is 5.75 Å². The van der Waals surface area contributed by atoms with Gasteiger partial charge in [0.15, 0.2) is 5.17 Å². The number of benzene rings is 2. The van der Waals surface area contributed by atoms with Gasteiger partial charge in [-0.15, -0.1) is 6.58 Å². The number of nitrogens with zero attached hydrogens (tertiary/aromatic N) is 2. The van der Waals surface area contributed by atoms with Crippen molar-refractivity contribution in [2.75, 3.05) is 11.9 Å². The number of thioether (sulfide) groups is 1. The summed E-state index contributed by atoms with van der Waals surface area (Å²) in [5, 5.41) is 12.7. The molecule has 2 amide bonds. The van der Waals surface area contributed by atoms with Crippen LogP contribution in [0.1, 0.15) is 6.42 Å². The van der Waals surface area contributed by atoms with Crippen molar-refractivity contribution in [2.24, 2.45) is 4.99 Å². The maximum Gasteiger partial charge on any atom is 0.242 e. The fraction of sp³-hybridized carbons (Fsp3) is 0.150. The second-order valence-electron chi connectivity index (χ2n) is 6.01. The number of aromatic hydroxyl groups is 1. The van der Waals surface area contributed by atoms with E-state index in [2.05, 4.69) is 16.9 Å². The van der Waals surface area contributed by atoms with E-state index >= 15 is 0 Å². The molecule has 0 radical (unpaired) electrons. The van der Waals surface area contributed by atoms with Crippen LogP contribution in [0.25, 0.3) is 0 Å². The summed E-state index contributed by atoms with van der Waals surface area (Å²) in [4.78, 5) is 31.1. The minimum atomic E-state index is -0.567. The minimum Gasteiger partial charge on any atom is -0.508 e. The van der Waals surface area contributed by atoms with Crippen LogP contribution < -0.4 is 5.32 Å². The largest absolute Gasteiger partial charge is 0.508 e. The van der Waals surface area contributed by atoms with Crippen molar-refractivity contribution in [1.29, 1.82) is 0 Å². The molecule has 6 nitrogen and oxygen atoms in total. The SMILES string of the molecule is C=CCN1C(=O)[C@@H](CC(=O)Nc2ccc(Cl)cc2)SC1=Nc1ccc(O)cc1. The van der Waals surface area contributed by atoms with Gasteiger partial charge in [-0.25, -0.2) is 4.99 Å². The van der Waals surface area contributed by atoms with Crippen molar-refractivity contribution in [2.45, 2.75) is 11.7 Å². The predicted octanol–water partition coefficient (Wildman–Crippen LogP) is 4.19. The first-order chi connectivity index (χ1) is 13.5. The van der Waals surface area contributed by atoms with Gasteiger partial charge >= 0.3 is 0 Å². The van der Waals surface area contributed by atoms with Gasteiger partial charge in [-0.2, -0.15) is 0 Å². The lowest BCUT2D eigenvalue weighted by molar-refractivity contribution is -0.127. The number of nitrogens with one attached hydrogen (secondary N) is 1. The van der Waals surface area contributed by atoms with Crippen LogP contribution in [0.3, 0.4) is 0 Å². The molecule has 2 aromatic rings. The zero-order valence-corrected chi connectivity index (χ0v) is 16.4. The summed E-state index contributed by atoms with van der Waals surface area (Å²) < 4.78 is 0. The molecule has 1 heterocycles. The number of anilines is 1. The van der Waals surface area contributed by atoms with E-state index in [4.69, 9.17) is 11.6 Å². The lowest BCUT2D eigenvalue weighted by atomic mass is 10.2. The van der Waals surface area contributed by atoms with E-state index in [-0.39, 0.29) is 24.0 Å². The van der Waals surface area contributed by atoms with Gasteiger partial charge in [0.2, 0.25) is 11.8 Å². The molecule has 2 aromatic carbocycles. The summed E-state index contributed by atoms with van der Waals surface area (Å²) in [5.41, 5.74) is 1.22. The summed E-state index contributed by atoms with van der Waals surface area (Å²) in [6.45, 7) is 3.98. The van der Waals surface area contributed by atoms with Gasteiger partial charge in [-0.1, -0.05) is 29.4 Å². The Hall–Kier alpha value is -2.77. The molecule has 1 saturated heterocycles. The highest BCUT2D eigenvalue weighted by Gasteiger charge is 2.38. The molecule has 0 aliphatic carbocycles. The number of rotatable bonds is 6. The normalized spacial score (nSPS) is 17.8. The number of amidine groups is 1. The number of hydrogen-bond donors (Lipinski definition) is 2. The second-order valence-corrected chi connectivity index (χ2v) is 7.62. The quantitative estimate of drug-likeness (QED) is 0.693. The Labute approximate surface area is 171 Å². The van der Waals surface area contributed by atoms with Crippen molar-refractivity contribution >= 4 is 51.7 Å². The third-order valence-corrected chi connectivity index (χ3v) is 5.33. The molecule has 3 rings (SSSR count). The van der Waals surface area contributed by atoms with Crippen LogP contribution in [-0.2, 0) is 9.59 Å². The van der Waals surface area contributed by atoms with Gasteiger partial charge in [-0.3, -0.25) is 14.5 Å². The Morgan fingerprint density at radius 2 is 1.93 bits per heavy atom. The first kappa shape index (κ1) is 20.0. The lowest BCUT2D eigenvalue weighted by Crippen LogP contribution is -2.33. The molecule has 2 N–H and O–H groups in total. The average Bonchev–Trinajstić information content (AvgIpc) is 2.94. The molecule has 8 heteroatoms. The molecule has 1 atom stereocenters. The number of amides is 2. The van der Waals surface area contributed by atoms with Crippen LogP contribution in [0.15, 0.2) is 66.2 Å². The number of aliphatic imine (C=N–C) groups is 1. The van der Waals surface area contributed by atoms with Crippen LogP contribution in [0.5, 0.6) is 5.75 Å². The molecular formula is C20H18ClN3O3S. The van der Waals surface area contributed by atoms with Crippen LogP contribution in [0, 0.1) is 0 Å². The summed E-state index contributed by atoms with van der Waals surface area (Å²) in [6, 6.07) is 13.1. The Kier molecular flexibility index (Phi) is 6.38. The van der Waals surface area contributed by atoms with E-state index in [9.17, 15) is 14.7 Å². The van der Waals surface area contributed by atoms with Crippen LogP contribution in [-0.4, -0.2) is 38.8 Å². The zero-order chi connectivity index (χ0) is 20.1. The number of phenols is 1. The molecule has 0 unspecified atom stereocenters. The average molecular weight is 416 g/mol. The number of halogens is 1. The third kappa shape index (κ3) is 4.94. The van der Waals surface area contributed by atoms with Crippen LogP contribution in [0.4, 0.5) is 11.4 Å². The number of carbonyl (C=O) groups is 2. The van der Waals surface area contributed by atoms with E-state index in [1.165, 1.54) is 28.8 Å². The second kappa shape index (κ2) is 8.95. The number of carbonyl (C=O) groups excluding carboxylic acids is 2. The maximum atomic E-state index is 12.7. The lowest BCUT2D eigenvalue weighted by Gasteiger charge is -2.13. The van der Waals surface area contributed by atoms with Crippen molar-refractivity contribution in [3.05, 3.63) is 66.2 Å². The highest BCUT2D eigenvalue weighted by molar-refractivity contribution is 8.15. The van der Waals surface area contributed by atoms with E-state index in [0.29, 0.717) is 28.1 Å². The van der Waals surface area contributed by atoms with E-state index in [0.717, 1.165) is 0 Å². The predicted molar refractivity (Wildman–Crippen MR) is 113 cm³/mol. The highest BCUT2D eigenvalue weighted by atomic mass is 35.5. The molecule has 1 aliphatic rings. The third-order valence-electron chi connectivity index (χ3n) is 3.90. The van der Waals surface area contributed by atoms with Gasteiger partial charge in [0, 0.05) is 23.7 Å². The number of hydrogen-bond acceptors (Lipinski definition) is 5.